The molecule has 0 N–H and O–H groups in total. The van der Waals surface area contributed by atoms with Crippen LogP contribution in [0.1, 0.15) is 58.4 Å². The van der Waals surface area contributed by atoms with E-state index in [0.717, 1.165) is 24.2 Å². The van der Waals surface area contributed by atoms with Gasteiger partial charge in [0.2, 0.25) is 0 Å². The molecule has 0 saturated carbocycles. The number of methoxy groups -OCH3 is 1. The molecule has 4 heteroatoms. The minimum atomic E-state index is -0.547. The van der Waals surface area contributed by atoms with Crippen molar-refractivity contribution in [2.75, 3.05) is 13.7 Å². The lowest BCUT2D eigenvalue weighted by Crippen LogP contribution is -2.27. The zero-order valence-electron chi connectivity index (χ0n) is 16.7. The van der Waals surface area contributed by atoms with Gasteiger partial charge in [-0.05, 0) is 50.8 Å². The van der Waals surface area contributed by atoms with Crippen molar-refractivity contribution in [2.45, 2.75) is 77.5 Å². The first kappa shape index (κ1) is 20.9. The summed E-state index contributed by atoms with van der Waals surface area (Å²) in [4.78, 5) is 0. The predicted molar refractivity (Wildman–Crippen MR) is 104 cm³/mol. The molecule has 0 spiro atoms. The van der Waals surface area contributed by atoms with Crippen LogP contribution in [0.4, 0.5) is 0 Å². The highest BCUT2D eigenvalue weighted by Crippen LogP contribution is 2.30. The number of hydrogen-bond donors (Lipinski definition) is 0. The maximum Gasteiger partial charge on any atom is 0.163 e. The van der Waals surface area contributed by atoms with Gasteiger partial charge >= 0.3 is 0 Å². The van der Waals surface area contributed by atoms with Crippen molar-refractivity contribution in [3.8, 4) is 5.75 Å². The first-order chi connectivity index (χ1) is 12.5. The van der Waals surface area contributed by atoms with Crippen molar-refractivity contribution >= 4 is 0 Å². The summed E-state index contributed by atoms with van der Waals surface area (Å²) in [5.74, 6) is 0.309. The van der Waals surface area contributed by atoms with Crippen molar-refractivity contribution < 1.29 is 18.9 Å². The maximum absolute atomic E-state index is 6.05. The molecule has 1 aromatic carbocycles. The van der Waals surface area contributed by atoms with Crippen LogP contribution in [-0.2, 0) is 20.8 Å². The second-order valence-electron chi connectivity index (χ2n) is 7.28. The molecular formula is C22H34O4. The molecule has 0 unspecified atom stereocenters. The van der Waals surface area contributed by atoms with Crippen molar-refractivity contribution in [3.05, 3.63) is 42.0 Å². The van der Waals surface area contributed by atoms with Crippen molar-refractivity contribution in [2.24, 2.45) is 0 Å². The van der Waals surface area contributed by atoms with E-state index in [0.29, 0.717) is 13.2 Å². The minimum absolute atomic E-state index is 0.0384. The van der Waals surface area contributed by atoms with Crippen LogP contribution in [0.25, 0.3) is 0 Å². The summed E-state index contributed by atoms with van der Waals surface area (Å²) < 4.78 is 23.1. The fraction of sp³-hybridized carbons (Fsp3) is 0.636. The number of allylic oxidation sites excluding steroid dienone is 1. The third-order valence-electron chi connectivity index (χ3n) is 4.50. The van der Waals surface area contributed by atoms with Crippen LogP contribution in [0.5, 0.6) is 5.75 Å². The Balaban J connectivity index is 1.77. The summed E-state index contributed by atoms with van der Waals surface area (Å²) in [6.07, 6.45) is 10.3. The second kappa shape index (κ2) is 10.7. The molecule has 0 bridgehead atoms. The van der Waals surface area contributed by atoms with Gasteiger partial charge in [0.15, 0.2) is 5.79 Å². The lowest BCUT2D eigenvalue weighted by molar-refractivity contribution is -0.151. The average Bonchev–Trinajstić information content (AvgIpc) is 2.92. The molecule has 0 amide bonds. The SMILES string of the molecule is CCCCC/C=C\C[C@H]1OC(C)(C)O[C@H]1COCc1ccc(OC)cc1. The Bertz CT molecular complexity index is 536. The Hall–Kier alpha value is -1.36. The molecule has 2 rings (SSSR count). The molecule has 1 aliphatic heterocycles. The minimum Gasteiger partial charge on any atom is -0.497 e. The summed E-state index contributed by atoms with van der Waals surface area (Å²) in [6.45, 7) is 7.25. The van der Waals surface area contributed by atoms with Gasteiger partial charge in [0.05, 0.1) is 26.4 Å². The van der Waals surface area contributed by atoms with Gasteiger partial charge in [-0.2, -0.15) is 0 Å². The summed E-state index contributed by atoms with van der Waals surface area (Å²) >= 11 is 0. The van der Waals surface area contributed by atoms with Gasteiger partial charge in [0, 0.05) is 0 Å². The quantitative estimate of drug-likeness (QED) is 0.397. The lowest BCUT2D eigenvalue weighted by atomic mass is 10.1. The highest BCUT2D eigenvalue weighted by Gasteiger charge is 2.40. The Morgan fingerprint density at radius 2 is 1.77 bits per heavy atom. The third kappa shape index (κ3) is 7.10. The molecule has 2 atom stereocenters. The molecule has 1 aromatic rings. The van der Waals surface area contributed by atoms with E-state index in [4.69, 9.17) is 18.9 Å². The van der Waals surface area contributed by atoms with Crippen LogP contribution >= 0.6 is 0 Å². The van der Waals surface area contributed by atoms with Gasteiger partial charge < -0.3 is 18.9 Å². The summed E-state index contributed by atoms with van der Waals surface area (Å²) in [6, 6.07) is 7.93. The molecule has 0 radical (unpaired) electrons. The van der Waals surface area contributed by atoms with E-state index in [2.05, 4.69) is 19.1 Å². The molecule has 146 valence electrons. The van der Waals surface area contributed by atoms with E-state index in [-0.39, 0.29) is 12.2 Å². The van der Waals surface area contributed by atoms with Gasteiger partial charge in [-0.15, -0.1) is 0 Å². The molecule has 1 heterocycles. The van der Waals surface area contributed by atoms with Crippen LogP contribution in [0.2, 0.25) is 0 Å². The van der Waals surface area contributed by atoms with Crippen molar-refractivity contribution in [1.29, 1.82) is 0 Å². The highest BCUT2D eigenvalue weighted by atomic mass is 16.8. The average molecular weight is 363 g/mol. The zero-order chi connectivity index (χ0) is 18.8. The molecular weight excluding hydrogens is 328 g/mol. The van der Waals surface area contributed by atoms with Gasteiger partial charge in [-0.3, -0.25) is 0 Å². The Morgan fingerprint density at radius 3 is 2.46 bits per heavy atom. The first-order valence-electron chi connectivity index (χ1n) is 9.75. The molecule has 26 heavy (non-hydrogen) atoms. The van der Waals surface area contributed by atoms with Crippen molar-refractivity contribution in [3.63, 3.8) is 0 Å². The smallest absolute Gasteiger partial charge is 0.163 e. The largest absolute Gasteiger partial charge is 0.497 e. The van der Waals surface area contributed by atoms with Crippen molar-refractivity contribution in [1.82, 2.24) is 0 Å². The van der Waals surface area contributed by atoms with Gasteiger partial charge in [0.25, 0.3) is 0 Å². The van der Waals surface area contributed by atoms with Crippen LogP contribution in [0.15, 0.2) is 36.4 Å². The number of unbranched alkanes of at least 4 members (excludes halogenated alkanes) is 3. The predicted octanol–water partition coefficient (Wildman–Crippen LogP) is 5.26. The standard InChI is InChI=1S/C22H34O4/c1-5-6-7-8-9-10-11-20-21(26-22(2,3)25-20)17-24-16-18-12-14-19(23-4)15-13-18/h9-10,12-15,20-21H,5-8,11,16-17H2,1-4H3/b10-9-/t20-,21+/m1/s1. The zero-order valence-corrected chi connectivity index (χ0v) is 16.7. The fourth-order valence-corrected chi connectivity index (χ4v) is 3.12. The second-order valence-corrected chi connectivity index (χ2v) is 7.28. The Labute approximate surface area is 158 Å². The number of benzene rings is 1. The molecule has 0 aromatic heterocycles. The number of hydrogen-bond acceptors (Lipinski definition) is 4. The van der Waals surface area contributed by atoms with E-state index in [1.807, 2.05) is 38.1 Å². The van der Waals surface area contributed by atoms with E-state index in [1.165, 1.54) is 19.3 Å². The normalized spacial score (nSPS) is 22.2. The van der Waals surface area contributed by atoms with Gasteiger partial charge in [0.1, 0.15) is 11.9 Å². The van der Waals surface area contributed by atoms with Crippen LogP contribution in [0.3, 0.4) is 0 Å². The van der Waals surface area contributed by atoms with Gasteiger partial charge in [-0.25, -0.2) is 0 Å². The monoisotopic (exact) mass is 362 g/mol. The van der Waals surface area contributed by atoms with Crippen LogP contribution in [-0.4, -0.2) is 31.7 Å². The molecule has 1 saturated heterocycles. The van der Waals surface area contributed by atoms with E-state index in [1.54, 1.807) is 7.11 Å². The summed E-state index contributed by atoms with van der Waals surface area (Å²) in [5, 5.41) is 0. The molecule has 1 fully saturated rings. The topological polar surface area (TPSA) is 36.9 Å². The van der Waals surface area contributed by atoms with Crippen LogP contribution in [0, 0.1) is 0 Å². The Morgan fingerprint density at radius 1 is 1.04 bits per heavy atom. The van der Waals surface area contributed by atoms with E-state index in [9.17, 15) is 0 Å². The Kier molecular flexibility index (Phi) is 8.63. The molecule has 4 nitrogen and oxygen atoms in total. The molecule has 1 aliphatic rings. The maximum atomic E-state index is 6.05. The first-order valence-corrected chi connectivity index (χ1v) is 9.75. The highest BCUT2D eigenvalue weighted by molar-refractivity contribution is 5.26. The summed E-state index contributed by atoms with van der Waals surface area (Å²) in [5.41, 5.74) is 1.12. The van der Waals surface area contributed by atoms with Crippen LogP contribution < -0.4 is 4.74 Å². The summed E-state index contributed by atoms with van der Waals surface area (Å²) in [7, 11) is 1.67. The number of ether oxygens (including phenoxy) is 4. The van der Waals surface area contributed by atoms with E-state index < -0.39 is 5.79 Å². The molecule has 0 aliphatic carbocycles. The fourth-order valence-electron chi connectivity index (χ4n) is 3.12. The lowest BCUT2D eigenvalue weighted by Gasteiger charge is -2.17. The van der Waals surface area contributed by atoms with E-state index >= 15 is 0 Å². The third-order valence-corrected chi connectivity index (χ3v) is 4.50. The number of rotatable bonds is 11. The van der Waals surface area contributed by atoms with Gasteiger partial charge in [-0.1, -0.05) is 44.1 Å².